The number of amides is 1. The fourth-order valence-electron chi connectivity index (χ4n) is 3.64. The van der Waals surface area contributed by atoms with Gasteiger partial charge in [0.1, 0.15) is 18.1 Å². The number of carbonyl (C=O) groups excluding carboxylic acids is 3. The average molecular weight is 546 g/mol. The number of ketones is 1. The largest absolute Gasteiger partial charge is 0.515 e. The Morgan fingerprint density at radius 3 is 2.70 bits per heavy atom. The van der Waals surface area contributed by atoms with Crippen molar-refractivity contribution in [1.29, 1.82) is 0 Å². The van der Waals surface area contributed by atoms with Gasteiger partial charge in [-0.15, -0.1) is 0 Å². The molecule has 2 aliphatic rings. The van der Waals surface area contributed by atoms with Gasteiger partial charge in [-0.25, -0.2) is 32.0 Å². The van der Waals surface area contributed by atoms with Crippen molar-refractivity contribution < 1.29 is 55.5 Å². The molecule has 1 amide bonds. The van der Waals surface area contributed by atoms with Gasteiger partial charge in [0, 0.05) is 31.3 Å². The molecule has 17 heteroatoms. The molecule has 0 radical (unpaired) electrons. The molecular weight excluding hydrogens is 528 g/mol. The van der Waals surface area contributed by atoms with Crippen molar-refractivity contribution in [2.24, 2.45) is 0 Å². The summed E-state index contributed by atoms with van der Waals surface area (Å²) in [7, 11) is -4.08. The lowest BCUT2D eigenvalue weighted by Crippen LogP contribution is -2.34. The van der Waals surface area contributed by atoms with Crippen molar-refractivity contribution >= 4 is 43.0 Å². The summed E-state index contributed by atoms with van der Waals surface area (Å²) in [5.41, 5.74) is -1.53. The molecule has 37 heavy (non-hydrogen) atoms. The van der Waals surface area contributed by atoms with E-state index in [9.17, 15) is 37.0 Å². The standard InChI is InChI=1S/C20H18F3N4O9P/c1-33-20(30)36-37(31,32)27(15-4-7-34-24-15)10-12-9-26(19(29)35-12)14-8-13(21)18(17(23)16(14)22)25-5-2-11(28)3-6-25/h2,4-5,7-8,12H,3,6,9-10H2,1H3,(H,31,32). The van der Waals surface area contributed by atoms with E-state index in [-0.39, 0.29) is 24.6 Å². The number of aromatic nitrogens is 1. The number of hydrogen-bond acceptors (Lipinski definition) is 10. The van der Waals surface area contributed by atoms with Crippen LogP contribution in [-0.2, 0) is 23.4 Å². The van der Waals surface area contributed by atoms with Crippen LogP contribution in [0.3, 0.4) is 0 Å². The van der Waals surface area contributed by atoms with Crippen LogP contribution < -0.4 is 14.5 Å². The molecular formula is C20H18F3N4O9P. The van der Waals surface area contributed by atoms with E-state index < -0.39 is 68.0 Å². The Labute approximate surface area is 206 Å². The first-order valence-electron chi connectivity index (χ1n) is 10.4. The van der Waals surface area contributed by atoms with Gasteiger partial charge in [-0.1, -0.05) is 5.16 Å². The minimum atomic E-state index is -4.98. The van der Waals surface area contributed by atoms with E-state index in [1.165, 1.54) is 0 Å². The van der Waals surface area contributed by atoms with E-state index in [0.717, 1.165) is 36.6 Å². The third-order valence-electron chi connectivity index (χ3n) is 5.34. The number of allylic oxidation sites excluding steroid dienone is 1. The predicted molar refractivity (Wildman–Crippen MR) is 117 cm³/mol. The number of ether oxygens (including phenoxy) is 2. The van der Waals surface area contributed by atoms with Crippen LogP contribution in [0, 0.1) is 17.5 Å². The Balaban J connectivity index is 1.58. The lowest BCUT2D eigenvalue weighted by molar-refractivity contribution is -0.114. The van der Waals surface area contributed by atoms with Crippen molar-refractivity contribution in [3.05, 3.63) is 48.1 Å². The second kappa shape index (κ2) is 10.1. The van der Waals surface area contributed by atoms with Gasteiger partial charge >= 0.3 is 20.0 Å². The van der Waals surface area contributed by atoms with Gasteiger partial charge in [0.05, 0.1) is 25.9 Å². The van der Waals surface area contributed by atoms with Crippen LogP contribution in [0.25, 0.3) is 0 Å². The Morgan fingerprint density at radius 2 is 2.08 bits per heavy atom. The van der Waals surface area contributed by atoms with Crippen molar-refractivity contribution in [2.45, 2.75) is 12.5 Å². The van der Waals surface area contributed by atoms with E-state index >= 15 is 0 Å². The highest BCUT2D eigenvalue weighted by Gasteiger charge is 2.43. The van der Waals surface area contributed by atoms with Gasteiger partial charge in [-0.3, -0.25) is 14.6 Å². The summed E-state index contributed by atoms with van der Waals surface area (Å²) in [6.45, 7) is -1.22. The molecule has 0 saturated carbocycles. The van der Waals surface area contributed by atoms with E-state index in [1.807, 2.05) is 0 Å². The van der Waals surface area contributed by atoms with Crippen molar-refractivity contribution in [2.75, 3.05) is 41.2 Å². The Bertz CT molecular complexity index is 1310. The number of rotatable bonds is 7. The first-order valence-corrected chi connectivity index (χ1v) is 12.0. The first kappa shape index (κ1) is 26.0. The second-order valence-electron chi connectivity index (χ2n) is 7.67. The SMILES string of the molecule is COC(=O)OP(=O)(O)N(CC1CN(c2cc(F)c(N3C=CC(=O)CC3)c(F)c2F)C(=O)O1)c1ccon1. The maximum atomic E-state index is 15.0. The van der Waals surface area contributed by atoms with Crippen molar-refractivity contribution in [3.8, 4) is 0 Å². The molecule has 0 spiro atoms. The zero-order chi connectivity index (χ0) is 26.9. The van der Waals surface area contributed by atoms with E-state index in [4.69, 9.17) is 4.74 Å². The van der Waals surface area contributed by atoms with E-state index in [0.29, 0.717) is 15.6 Å². The van der Waals surface area contributed by atoms with E-state index in [1.54, 1.807) is 0 Å². The second-order valence-corrected chi connectivity index (χ2v) is 9.32. The van der Waals surface area contributed by atoms with Gasteiger partial charge in [0.25, 0.3) is 0 Å². The minimum Gasteiger partial charge on any atom is -0.442 e. The molecule has 0 bridgehead atoms. The Hall–Kier alpha value is -4.04. The van der Waals surface area contributed by atoms with Crippen LogP contribution in [0.2, 0.25) is 0 Å². The van der Waals surface area contributed by atoms with Gasteiger partial charge < -0.3 is 23.4 Å². The fraction of sp³-hybridized carbons (Fsp3) is 0.300. The lowest BCUT2D eigenvalue weighted by Gasteiger charge is -2.26. The maximum Gasteiger partial charge on any atom is 0.515 e. The summed E-state index contributed by atoms with van der Waals surface area (Å²) in [5.74, 6) is -4.91. The topological polar surface area (TPSA) is 152 Å². The molecule has 1 saturated heterocycles. The summed E-state index contributed by atoms with van der Waals surface area (Å²) in [4.78, 5) is 47.1. The van der Waals surface area contributed by atoms with Crippen LogP contribution in [-0.4, -0.2) is 60.9 Å². The molecule has 13 nitrogen and oxygen atoms in total. The van der Waals surface area contributed by atoms with Crippen molar-refractivity contribution in [1.82, 2.24) is 5.16 Å². The van der Waals surface area contributed by atoms with E-state index in [2.05, 4.69) is 18.9 Å². The van der Waals surface area contributed by atoms with Gasteiger partial charge in [-0.2, -0.15) is 0 Å². The number of cyclic esters (lactones) is 1. The Kier molecular flexibility index (Phi) is 7.14. The number of benzene rings is 1. The van der Waals surface area contributed by atoms with Crippen LogP contribution in [0.5, 0.6) is 0 Å². The molecule has 198 valence electrons. The summed E-state index contributed by atoms with van der Waals surface area (Å²) < 4.78 is 76.3. The molecule has 2 unspecified atom stereocenters. The van der Waals surface area contributed by atoms with Crippen LogP contribution >= 0.6 is 7.75 Å². The summed E-state index contributed by atoms with van der Waals surface area (Å²) in [6.07, 6.45) is -0.757. The zero-order valence-electron chi connectivity index (χ0n) is 18.9. The summed E-state index contributed by atoms with van der Waals surface area (Å²) >= 11 is 0. The minimum absolute atomic E-state index is 0.0324. The molecule has 2 atom stereocenters. The smallest absolute Gasteiger partial charge is 0.442 e. The number of halogens is 3. The molecule has 2 aliphatic heterocycles. The first-order chi connectivity index (χ1) is 17.5. The molecule has 0 aliphatic carbocycles. The quantitative estimate of drug-likeness (QED) is 0.309. The third kappa shape index (κ3) is 5.24. The summed E-state index contributed by atoms with van der Waals surface area (Å²) in [5, 5.41) is 3.49. The third-order valence-corrected chi connectivity index (χ3v) is 6.70. The van der Waals surface area contributed by atoms with Crippen LogP contribution in [0.4, 0.5) is 40.0 Å². The molecule has 1 aromatic heterocycles. The van der Waals surface area contributed by atoms with Crippen LogP contribution in [0.15, 0.2) is 35.2 Å². The van der Waals surface area contributed by atoms with Gasteiger partial charge in [-0.05, 0) is 6.08 Å². The Morgan fingerprint density at radius 1 is 1.32 bits per heavy atom. The lowest BCUT2D eigenvalue weighted by atomic mass is 10.1. The number of anilines is 3. The molecule has 2 aromatic rings. The molecule has 1 fully saturated rings. The fourth-order valence-corrected chi connectivity index (χ4v) is 4.75. The number of nitrogens with zero attached hydrogens (tertiary/aromatic N) is 4. The highest BCUT2D eigenvalue weighted by atomic mass is 31.2. The van der Waals surface area contributed by atoms with Gasteiger partial charge in [0.2, 0.25) is 0 Å². The number of hydrogen-bond donors (Lipinski definition) is 1. The number of methoxy groups -OCH3 is 1. The highest BCUT2D eigenvalue weighted by Crippen LogP contribution is 2.49. The molecule has 3 heterocycles. The van der Waals surface area contributed by atoms with Crippen LogP contribution in [0.1, 0.15) is 6.42 Å². The monoisotopic (exact) mass is 546 g/mol. The highest BCUT2D eigenvalue weighted by molar-refractivity contribution is 7.55. The zero-order valence-corrected chi connectivity index (χ0v) is 19.8. The van der Waals surface area contributed by atoms with Crippen molar-refractivity contribution in [3.63, 3.8) is 0 Å². The molecule has 4 rings (SSSR count). The number of carbonyl (C=O) groups is 3. The molecule has 1 aromatic carbocycles. The summed E-state index contributed by atoms with van der Waals surface area (Å²) in [6, 6.07) is 1.73. The normalized spacial score (nSPS) is 19.0. The van der Waals surface area contributed by atoms with Gasteiger partial charge in [0.15, 0.2) is 29.1 Å². The molecule has 1 N–H and O–H groups in total. The predicted octanol–water partition coefficient (Wildman–Crippen LogP) is 3.10. The maximum absolute atomic E-state index is 15.0. The average Bonchev–Trinajstić information content (AvgIpc) is 3.50.